The summed E-state index contributed by atoms with van der Waals surface area (Å²) in [4.78, 5) is 34.6. The number of thiophene rings is 1. The van der Waals surface area contributed by atoms with Gasteiger partial charge in [0.2, 0.25) is 0 Å². The molecule has 6 nitrogen and oxygen atoms in total. The van der Waals surface area contributed by atoms with Crippen molar-refractivity contribution in [3.05, 3.63) is 98.4 Å². The van der Waals surface area contributed by atoms with Crippen LogP contribution >= 0.6 is 23.1 Å². The van der Waals surface area contributed by atoms with Crippen molar-refractivity contribution >= 4 is 39.1 Å². The van der Waals surface area contributed by atoms with Gasteiger partial charge in [-0.05, 0) is 87.1 Å². The molecule has 6 rings (SSSR count). The Bertz CT molecular complexity index is 1780. The Balaban J connectivity index is 1.36. The molecule has 1 aliphatic carbocycles. The first kappa shape index (κ1) is 26.6. The van der Waals surface area contributed by atoms with E-state index < -0.39 is 0 Å². The number of ketones is 1. The summed E-state index contributed by atoms with van der Waals surface area (Å²) >= 11 is 2.97. The van der Waals surface area contributed by atoms with Crippen LogP contribution in [0.15, 0.2) is 70.6 Å². The van der Waals surface area contributed by atoms with Crippen LogP contribution < -0.4 is 10.3 Å². The molecule has 0 fully saturated rings. The van der Waals surface area contributed by atoms with Gasteiger partial charge in [-0.15, -0.1) is 11.3 Å². The summed E-state index contributed by atoms with van der Waals surface area (Å²) in [5.41, 5.74) is 5.40. The Labute approximate surface area is 241 Å². The molecule has 2 aromatic carbocycles. The van der Waals surface area contributed by atoms with Crippen molar-refractivity contribution in [2.75, 3.05) is 12.9 Å². The zero-order chi connectivity index (χ0) is 28.0. The molecule has 1 unspecified atom stereocenters. The Morgan fingerprint density at radius 3 is 2.52 bits per heavy atom. The molecule has 1 aliphatic rings. The highest BCUT2D eigenvalue weighted by Crippen LogP contribution is 2.37. The summed E-state index contributed by atoms with van der Waals surface area (Å²) in [7, 11) is 1.65. The van der Waals surface area contributed by atoms with Crippen molar-refractivity contribution in [2.45, 2.75) is 45.2 Å². The molecule has 0 spiro atoms. The molecule has 1 atom stereocenters. The van der Waals surface area contributed by atoms with E-state index in [1.54, 1.807) is 23.0 Å². The van der Waals surface area contributed by atoms with Crippen molar-refractivity contribution in [3.8, 4) is 17.1 Å². The van der Waals surface area contributed by atoms with Crippen LogP contribution in [0.2, 0.25) is 0 Å². The maximum absolute atomic E-state index is 14.0. The first-order chi connectivity index (χ1) is 19.4. The molecular weight excluding hydrogens is 539 g/mol. The fraction of sp³-hybridized carbons (Fsp3) is 0.281. The fourth-order valence-corrected chi connectivity index (χ4v) is 7.97. The molecule has 40 heavy (non-hydrogen) atoms. The summed E-state index contributed by atoms with van der Waals surface area (Å²) in [6.07, 6.45) is 2.99. The minimum atomic E-state index is -0.0455. The van der Waals surface area contributed by atoms with Crippen LogP contribution in [0.3, 0.4) is 0 Å². The first-order valence-corrected chi connectivity index (χ1v) is 15.3. The van der Waals surface area contributed by atoms with E-state index in [1.807, 2.05) is 74.5 Å². The number of Topliss-reactive ketones (excluding diaryl/α,β-unsaturated/α-hetero) is 1. The summed E-state index contributed by atoms with van der Waals surface area (Å²) < 4.78 is 9.06. The molecule has 0 aliphatic heterocycles. The third-order valence-electron chi connectivity index (χ3n) is 7.71. The smallest absolute Gasteiger partial charge is 0.267 e. The van der Waals surface area contributed by atoms with Gasteiger partial charge in [-0.2, -0.15) is 0 Å². The number of thioether (sulfide) groups is 1. The van der Waals surface area contributed by atoms with Gasteiger partial charge in [-0.25, -0.2) is 4.98 Å². The standard InChI is InChI=1S/C32H31N3O3S2/c1-19-10-15-25-28(16-19)40-30-29(25)31(37)35(22-8-6-5-7-9-22)32(33-30)39-18-27(36)26-17-20(2)34(21(26)3)23-11-13-24(38-4)14-12-23/h5-9,11-14,17,19H,10,15-16,18H2,1-4H3. The molecule has 0 amide bonds. The minimum absolute atomic E-state index is 0.00566. The third kappa shape index (κ3) is 4.69. The predicted octanol–water partition coefficient (Wildman–Crippen LogP) is 6.96. The van der Waals surface area contributed by atoms with Gasteiger partial charge in [-0.3, -0.25) is 14.2 Å². The second kappa shape index (κ2) is 10.7. The molecule has 204 valence electrons. The SMILES string of the molecule is COc1ccc(-n2c(C)cc(C(=O)CSc3nc4sc5c(c4c(=O)n3-c3ccccc3)CCC(C)C5)c2C)cc1. The summed E-state index contributed by atoms with van der Waals surface area (Å²) in [5, 5.41) is 1.29. The number of fused-ring (bicyclic) bond motifs is 3. The molecule has 5 aromatic rings. The van der Waals surface area contributed by atoms with Crippen LogP contribution in [0, 0.1) is 19.8 Å². The van der Waals surface area contributed by atoms with Crippen molar-refractivity contribution in [2.24, 2.45) is 5.92 Å². The summed E-state index contributed by atoms with van der Waals surface area (Å²) in [6.45, 7) is 6.24. The van der Waals surface area contributed by atoms with Crippen LogP contribution in [-0.4, -0.2) is 32.8 Å². The van der Waals surface area contributed by atoms with Crippen molar-refractivity contribution < 1.29 is 9.53 Å². The number of benzene rings is 2. The highest BCUT2D eigenvalue weighted by molar-refractivity contribution is 7.99. The van der Waals surface area contributed by atoms with Crippen molar-refractivity contribution in [1.29, 1.82) is 0 Å². The number of nitrogens with zero attached hydrogens (tertiary/aromatic N) is 3. The molecule has 8 heteroatoms. The number of carbonyl (C=O) groups excluding carboxylic acids is 1. The topological polar surface area (TPSA) is 66.1 Å². The Morgan fingerprint density at radius 2 is 1.80 bits per heavy atom. The van der Waals surface area contributed by atoms with Crippen LogP contribution in [0.5, 0.6) is 5.75 Å². The molecule has 3 heterocycles. The molecule has 3 aromatic heterocycles. The van der Waals surface area contributed by atoms with Gasteiger partial charge < -0.3 is 9.30 Å². The van der Waals surface area contributed by atoms with Crippen LogP contribution in [0.25, 0.3) is 21.6 Å². The van der Waals surface area contributed by atoms with E-state index >= 15 is 0 Å². The van der Waals surface area contributed by atoms with E-state index in [2.05, 4.69) is 11.5 Å². The number of hydrogen-bond donors (Lipinski definition) is 0. The van der Waals surface area contributed by atoms with E-state index in [0.29, 0.717) is 16.6 Å². The lowest BCUT2D eigenvalue weighted by Gasteiger charge is -2.17. The Hall–Kier alpha value is -3.62. The van der Waals surface area contributed by atoms with E-state index in [4.69, 9.17) is 9.72 Å². The zero-order valence-electron chi connectivity index (χ0n) is 23.1. The van der Waals surface area contributed by atoms with E-state index in [9.17, 15) is 9.59 Å². The quantitative estimate of drug-likeness (QED) is 0.120. The second-order valence-corrected chi connectivity index (χ2v) is 12.5. The highest BCUT2D eigenvalue weighted by Gasteiger charge is 2.26. The van der Waals surface area contributed by atoms with Gasteiger partial charge in [0.15, 0.2) is 10.9 Å². The lowest BCUT2D eigenvalue weighted by Crippen LogP contribution is -2.23. The Kier molecular flexibility index (Phi) is 7.15. The number of aromatic nitrogens is 3. The molecule has 0 saturated heterocycles. The lowest BCUT2D eigenvalue weighted by molar-refractivity contribution is 0.102. The normalized spacial score (nSPS) is 14.8. The monoisotopic (exact) mass is 569 g/mol. The van der Waals surface area contributed by atoms with E-state index in [-0.39, 0.29) is 17.1 Å². The largest absolute Gasteiger partial charge is 0.497 e. The van der Waals surface area contributed by atoms with E-state index in [1.165, 1.54) is 22.2 Å². The van der Waals surface area contributed by atoms with Crippen LogP contribution in [0.4, 0.5) is 0 Å². The number of carbonyl (C=O) groups is 1. The number of ether oxygens (including phenoxy) is 1. The lowest BCUT2D eigenvalue weighted by atomic mass is 9.89. The van der Waals surface area contributed by atoms with Gasteiger partial charge in [0, 0.05) is 27.5 Å². The zero-order valence-corrected chi connectivity index (χ0v) is 24.7. The number of aryl methyl sites for hydroxylation is 2. The molecule has 0 N–H and O–H groups in total. The average molecular weight is 570 g/mol. The van der Waals surface area contributed by atoms with Gasteiger partial charge in [-0.1, -0.05) is 36.9 Å². The van der Waals surface area contributed by atoms with Crippen LogP contribution in [0.1, 0.15) is 45.5 Å². The second-order valence-electron chi connectivity index (χ2n) is 10.4. The van der Waals surface area contributed by atoms with Gasteiger partial charge in [0.25, 0.3) is 5.56 Å². The maximum Gasteiger partial charge on any atom is 0.267 e. The first-order valence-electron chi connectivity index (χ1n) is 13.5. The van der Waals surface area contributed by atoms with E-state index in [0.717, 1.165) is 58.0 Å². The summed E-state index contributed by atoms with van der Waals surface area (Å²) in [6, 6.07) is 19.4. The third-order valence-corrected chi connectivity index (χ3v) is 9.79. The number of rotatable bonds is 7. The summed E-state index contributed by atoms with van der Waals surface area (Å²) in [5.74, 6) is 1.58. The molecule has 0 saturated carbocycles. The van der Waals surface area contributed by atoms with Crippen molar-refractivity contribution in [1.82, 2.24) is 14.1 Å². The minimum Gasteiger partial charge on any atom is -0.497 e. The van der Waals surface area contributed by atoms with Gasteiger partial charge in [0.1, 0.15) is 10.6 Å². The predicted molar refractivity (Wildman–Crippen MR) is 163 cm³/mol. The van der Waals surface area contributed by atoms with Gasteiger partial charge in [0.05, 0.1) is 23.9 Å². The van der Waals surface area contributed by atoms with Crippen LogP contribution in [-0.2, 0) is 12.8 Å². The molecule has 0 bridgehead atoms. The highest BCUT2D eigenvalue weighted by atomic mass is 32.2. The number of hydrogen-bond acceptors (Lipinski definition) is 6. The number of methoxy groups -OCH3 is 1. The number of para-hydroxylation sites is 1. The van der Waals surface area contributed by atoms with Crippen molar-refractivity contribution in [3.63, 3.8) is 0 Å². The molecule has 0 radical (unpaired) electrons. The Morgan fingerprint density at radius 1 is 1.07 bits per heavy atom. The fourth-order valence-electron chi connectivity index (χ4n) is 5.65. The molecular formula is C32H31N3O3S2. The van der Waals surface area contributed by atoms with Gasteiger partial charge >= 0.3 is 0 Å². The average Bonchev–Trinajstić information content (AvgIpc) is 3.47. The maximum atomic E-state index is 14.0.